The van der Waals surface area contributed by atoms with E-state index in [4.69, 9.17) is 4.74 Å². The molecule has 2 aromatic carbocycles. The van der Waals surface area contributed by atoms with Crippen LogP contribution in [0.3, 0.4) is 0 Å². The number of nitrogens with one attached hydrogen (secondary N) is 1. The van der Waals surface area contributed by atoms with E-state index in [-0.39, 0.29) is 6.03 Å². The first-order valence-corrected chi connectivity index (χ1v) is 9.39. The molecule has 2 amide bonds. The fraction of sp³-hybridized carbons (Fsp3) is 0.273. The number of benzene rings is 2. The van der Waals surface area contributed by atoms with Gasteiger partial charge in [-0.2, -0.15) is 0 Å². The maximum atomic E-state index is 13.1. The average molecular weight is 376 g/mol. The number of carbonyl (C=O) groups is 1. The number of para-hydroxylation sites is 1. The van der Waals surface area contributed by atoms with Gasteiger partial charge in [0.15, 0.2) is 0 Å². The van der Waals surface area contributed by atoms with Crippen molar-refractivity contribution < 1.29 is 9.53 Å². The molecule has 0 saturated heterocycles. The number of nitrogens with zero attached hydrogens (tertiary/aromatic N) is 3. The van der Waals surface area contributed by atoms with Crippen LogP contribution in [0.15, 0.2) is 60.9 Å². The number of hydrogen-bond donors (Lipinski definition) is 1. The zero-order chi connectivity index (χ0) is 19.5. The molecule has 1 aromatic heterocycles. The van der Waals surface area contributed by atoms with Crippen LogP contribution < -0.4 is 10.1 Å². The molecule has 28 heavy (non-hydrogen) atoms. The number of carbonyl (C=O) groups excluding carboxylic acids is 1. The van der Waals surface area contributed by atoms with E-state index < -0.39 is 6.04 Å². The molecule has 0 bridgehead atoms. The summed E-state index contributed by atoms with van der Waals surface area (Å²) in [5.41, 5.74) is 3.40. The summed E-state index contributed by atoms with van der Waals surface area (Å²) >= 11 is 0. The van der Waals surface area contributed by atoms with Crippen LogP contribution in [0.2, 0.25) is 0 Å². The van der Waals surface area contributed by atoms with Gasteiger partial charge in [0.1, 0.15) is 17.6 Å². The summed E-state index contributed by atoms with van der Waals surface area (Å²) in [6.07, 6.45) is 4.48. The highest BCUT2D eigenvalue weighted by molar-refractivity contribution is 5.75. The minimum absolute atomic E-state index is 0.103. The first-order valence-electron chi connectivity index (χ1n) is 9.39. The van der Waals surface area contributed by atoms with E-state index >= 15 is 0 Å². The van der Waals surface area contributed by atoms with Crippen molar-refractivity contribution in [1.82, 2.24) is 19.8 Å². The fourth-order valence-electron chi connectivity index (χ4n) is 3.73. The van der Waals surface area contributed by atoms with Crippen LogP contribution in [0.4, 0.5) is 4.79 Å². The van der Waals surface area contributed by atoms with Gasteiger partial charge in [-0.1, -0.05) is 42.5 Å². The number of aromatic nitrogens is 2. The predicted octanol–water partition coefficient (Wildman–Crippen LogP) is 3.29. The van der Waals surface area contributed by atoms with Crippen molar-refractivity contribution in [3.8, 4) is 5.75 Å². The molecule has 1 aliphatic heterocycles. The Balaban J connectivity index is 1.62. The first kappa shape index (κ1) is 18.1. The molecule has 144 valence electrons. The number of urea groups is 1. The Kier molecular flexibility index (Phi) is 5.02. The molecule has 6 nitrogen and oxygen atoms in total. The van der Waals surface area contributed by atoms with Gasteiger partial charge in [0.05, 0.1) is 7.11 Å². The van der Waals surface area contributed by atoms with Gasteiger partial charge >= 0.3 is 6.03 Å². The molecule has 1 aliphatic rings. The number of hydrogen-bond acceptors (Lipinski definition) is 3. The molecule has 3 aromatic rings. The Morgan fingerprint density at radius 2 is 1.89 bits per heavy atom. The van der Waals surface area contributed by atoms with E-state index in [2.05, 4.69) is 22.4 Å². The van der Waals surface area contributed by atoms with E-state index in [0.717, 1.165) is 23.6 Å². The number of imidazole rings is 1. The van der Waals surface area contributed by atoms with E-state index in [0.29, 0.717) is 13.1 Å². The molecule has 1 unspecified atom stereocenters. The smallest absolute Gasteiger partial charge is 0.318 e. The molecule has 4 rings (SSSR count). The predicted molar refractivity (Wildman–Crippen MR) is 107 cm³/mol. The zero-order valence-corrected chi connectivity index (χ0v) is 16.1. The van der Waals surface area contributed by atoms with Crippen LogP contribution in [0.1, 0.15) is 28.6 Å². The van der Waals surface area contributed by atoms with Gasteiger partial charge in [-0.3, -0.25) is 0 Å². The third-order valence-electron chi connectivity index (χ3n) is 5.25. The summed E-state index contributed by atoms with van der Waals surface area (Å²) in [4.78, 5) is 19.5. The Morgan fingerprint density at radius 1 is 1.14 bits per heavy atom. The van der Waals surface area contributed by atoms with Crippen molar-refractivity contribution in [2.75, 3.05) is 13.7 Å². The topological polar surface area (TPSA) is 59.4 Å². The Labute approximate surface area is 164 Å². The molecule has 0 saturated carbocycles. The van der Waals surface area contributed by atoms with Crippen LogP contribution >= 0.6 is 0 Å². The number of aryl methyl sites for hydroxylation is 1. The Bertz CT molecular complexity index is 982. The van der Waals surface area contributed by atoms with E-state index in [1.54, 1.807) is 13.3 Å². The van der Waals surface area contributed by atoms with Crippen molar-refractivity contribution in [1.29, 1.82) is 0 Å². The molecule has 1 atom stereocenters. The number of rotatable bonds is 4. The number of methoxy groups -OCH3 is 1. The maximum absolute atomic E-state index is 13.1. The number of ether oxygens (including phenoxy) is 1. The van der Waals surface area contributed by atoms with Crippen LogP contribution in [0, 0.1) is 0 Å². The second-order valence-corrected chi connectivity index (χ2v) is 6.96. The van der Waals surface area contributed by atoms with Gasteiger partial charge in [-0.25, -0.2) is 9.78 Å². The molecule has 0 fully saturated rings. The SMILES string of the molecule is COc1ccccc1C(NC(=O)N1CCc2ccccc2C1)c1nccn1C. The van der Waals surface area contributed by atoms with Gasteiger partial charge in [-0.05, 0) is 23.6 Å². The summed E-state index contributed by atoms with van der Waals surface area (Å²) in [5, 5.41) is 3.18. The lowest BCUT2D eigenvalue weighted by molar-refractivity contribution is 0.189. The van der Waals surface area contributed by atoms with E-state index in [1.807, 2.05) is 59.1 Å². The lowest BCUT2D eigenvalue weighted by atomic mass is 10.00. The Hall–Kier alpha value is -3.28. The van der Waals surface area contributed by atoms with Gasteiger partial charge in [0, 0.05) is 38.1 Å². The summed E-state index contributed by atoms with van der Waals surface area (Å²) in [7, 11) is 3.56. The molecular formula is C22H24N4O2. The average Bonchev–Trinajstić information content (AvgIpc) is 3.17. The summed E-state index contributed by atoms with van der Waals surface area (Å²) in [5.74, 6) is 1.48. The summed E-state index contributed by atoms with van der Waals surface area (Å²) in [6, 6.07) is 15.5. The summed E-state index contributed by atoms with van der Waals surface area (Å²) in [6.45, 7) is 1.31. The molecule has 0 aliphatic carbocycles. The lowest BCUT2D eigenvalue weighted by Crippen LogP contribution is -2.44. The molecular weight excluding hydrogens is 352 g/mol. The zero-order valence-electron chi connectivity index (χ0n) is 16.1. The largest absolute Gasteiger partial charge is 0.496 e. The minimum atomic E-state index is -0.402. The first-order chi connectivity index (χ1) is 13.7. The van der Waals surface area contributed by atoms with E-state index in [9.17, 15) is 4.79 Å². The van der Waals surface area contributed by atoms with Crippen molar-refractivity contribution in [2.24, 2.45) is 7.05 Å². The summed E-state index contributed by atoms with van der Waals surface area (Å²) < 4.78 is 7.46. The molecule has 2 heterocycles. The fourth-order valence-corrected chi connectivity index (χ4v) is 3.73. The van der Waals surface area contributed by atoms with Crippen LogP contribution in [-0.4, -0.2) is 34.1 Å². The maximum Gasteiger partial charge on any atom is 0.318 e. The van der Waals surface area contributed by atoms with Gasteiger partial charge in [0.25, 0.3) is 0 Å². The van der Waals surface area contributed by atoms with Crippen molar-refractivity contribution in [3.63, 3.8) is 0 Å². The minimum Gasteiger partial charge on any atom is -0.496 e. The normalized spacial score (nSPS) is 14.3. The van der Waals surface area contributed by atoms with Gasteiger partial charge in [-0.15, -0.1) is 0 Å². The molecule has 6 heteroatoms. The molecule has 0 radical (unpaired) electrons. The van der Waals surface area contributed by atoms with Crippen LogP contribution in [0.5, 0.6) is 5.75 Å². The quantitative estimate of drug-likeness (QED) is 0.760. The monoisotopic (exact) mass is 376 g/mol. The highest BCUT2D eigenvalue weighted by Gasteiger charge is 2.27. The second kappa shape index (κ2) is 7.76. The standard InChI is InChI=1S/C22H24N4O2/c1-25-14-12-23-21(25)20(18-9-5-6-10-19(18)28-2)24-22(27)26-13-11-16-7-3-4-8-17(16)15-26/h3-10,12,14,20H,11,13,15H2,1-2H3,(H,24,27). The Morgan fingerprint density at radius 3 is 2.64 bits per heavy atom. The van der Waals surface area contributed by atoms with Crippen molar-refractivity contribution in [3.05, 3.63) is 83.4 Å². The highest BCUT2D eigenvalue weighted by atomic mass is 16.5. The third kappa shape index (κ3) is 3.45. The number of amides is 2. The highest BCUT2D eigenvalue weighted by Crippen LogP contribution is 2.29. The lowest BCUT2D eigenvalue weighted by Gasteiger charge is -2.31. The van der Waals surface area contributed by atoms with Crippen molar-refractivity contribution in [2.45, 2.75) is 19.0 Å². The molecule has 1 N–H and O–H groups in total. The van der Waals surface area contributed by atoms with Gasteiger partial charge < -0.3 is 19.5 Å². The van der Waals surface area contributed by atoms with Gasteiger partial charge in [0.2, 0.25) is 0 Å². The van der Waals surface area contributed by atoms with Crippen LogP contribution in [-0.2, 0) is 20.0 Å². The third-order valence-corrected chi connectivity index (χ3v) is 5.25. The van der Waals surface area contributed by atoms with Crippen LogP contribution in [0.25, 0.3) is 0 Å². The number of fused-ring (bicyclic) bond motifs is 1. The van der Waals surface area contributed by atoms with E-state index in [1.165, 1.54) is 11.1 Å². The molecule has 0 spiro atoms. The second-order valence-electron chi connectivity index (χ2n) is 6.96. The van der Waals surface area contributed by atoms with Crippen molar-refractivity contribution >= 4 is 6.03 Å².